The lowest BCUT2D eigenvalue weighted by Crippen LogP contribution is -1.96. The van der Waals surface area contributed by atoms with E-state index in [0.29, 0.717) is 0 Å². The van der Waals surface area contributed by atoms with Crippen LogP contribution in [0.3, 0.4) is 0 Å². The monoisotopic (exact) mass is 227 g/mol. The molecule has 0 N–H and O–H groups in total. The minimum absolute atomic E-state index is 0.0878. The Kier molecular flexibility index (Phi) is 5.46. The summed E-state index contributed by atoms with van der Waals surface area (Å²) in [6.07, 6.45) is 4.54. The molecule has 0 unspecified atom stereocenters. The molecule has 0 saturated heterocycles. The Labute approximate surface area is 93.9 Å². The van der Waals surface area contributed by atoms with E-state index in [-0.39, 0.29) is 12.2 Å². The Morgan fingerprint density at radius 1 is 1.31 bits per heavy atom. The van der Waals surface area contributed by atoms with E-state index in [1.54, 1.807) is 6.21 Å². The second-order valence-electron chi connectivity index (χ2n) is 3.40. The van der Waals surface area contributed by atoms with Crippen LogP contribution in [-0.4, -0.2) is 6.21 Å². The van der Waals surface area contributed by atoms with Gasteiger partial charge in [0.05, 0.1) is 5.56 Å². The van der Waals surface area contributed by atoms with Gasteiger partial charge in [0.25, 0.3) is 0 Å². The Bertz CT molecular complexity index is 333. The first kappa shape index (κ1) is 12.6. The minimum Gasteiger partial charge on any atom is -0.391 e. The molecule has 0 aromatic heterocycles. The van der Waals surface area contributed by atoms with Crippen molar-refractivity contribution in [1.82, 2.24) is 0 Å². The van der Waals surface area contributed by atoms with Crippen molar-refractivity contribution in [3.63, 3.8) is 0 Å². The standard InChI is InChI=1S/C12H15F2NO/c1-2-3-4-8-15-16-9-10-11(13)6-5-7-12(10)14/h5-8H,2-4,9H2,1H3. The van der Waals surface area contributed by atoms with Gasteiger partial charge in [0.15, 0.2) is 0 Å². The summed E-state index contributed by atoms with van der Waals surface area (Å²) in [4.78, 5) is 4.82. The number of nitrogens with zero attached hydrogens (tertiary/aromatic N) is 1. The molecule has 1 rings (SSSR count). The Balaban J connectivity index is 2.40. The minimum atomic E-state index is -0.608. The number of halogens is 2. The molecule has 4 heteroatoms. The van der Waals surface area contributed by atoms with E-state index in [0.717, 1.165) is 19.3 Å². The fourth-order valence-corrected chi connectivity index (χ4v) is 1.17. The highest BCUT2D eigenvalue weighted by molar-refractivity contribution is 5.56. The molecule has 0 aliphatic carbocycles. The fourth-order valence-electron chi connectivity index (χ4n) is 1.17. The van der Waals surface area contributed by atoms with Crippen molar-refractivity contribution in [2.75, 3.05) is 0 Å². The summed E-state index contributed by atoms with van der Waals surface area (Å²) in [5, 5.41) is 3.63. The molecule has 0 aliphatic rings. The predicted octanol–water partition coefficient (Wildman–Crippen LogP) is 3.66. The van der Waals surface area contributed by atoms with E-state index in [4.69, 9.17) is 4.84 Å². The van der Waals surface area contributed by atoms with Crippen molar-refractivity contribution < 1.29 is 13.6 Å². The number of unbranched alkanes of at least 4 members (excludes halogenated alkanes) is 2. The van der Waals surface area contributed by atoms with Crippen LogP contribution in [0.4, 0.5) is 8.78 Å². The van der Waals surface area contributed by atoms with Crippen molar-refractivity contribution in [3.05, 3.63) is 35.4 Å². The molecule has 0 radical (unpaired) electrons. The van der Waals surface area contributed by atoms with Gasteiger partial charge in [-0.05, 0) is 25.0 Å². The second-order valence-corrected chi connectivity index (χ2v) is 3.40. The summed E-state index contributed by atoms with van der Waals surface area (Å²) in [7, 11) is 0. The largest absolute Gasteiger partial charge is 0.391 e. The average molecular weight is 227 g/mol. The normalized spacial score (nSPS) is 10.9. The van der Waals surface area contributed by atoms with Gasteiger partial charge in [-0.25, -0.2) is 8.78 Å². The van der Waals surface area contributed by atoms with Crippen molar-refractivity contribution in [2.45, 2.75) is 32.8 Å². The van der Waals surface area contributed by atoms with E-state index in [9.17, 15) is 8.78 Å². The number of oxime groups is 1. The molecule has 0 spiro atoms. The molecule has 0 fully saturated rings. The molecule has 16 heavy (non-hydrogen) atoms. The van der Waals surface area contributed by atoms with Crippen LogP contribution in [0.2, 0.25) is 0 Å². The first-order chi connectivity index (χ1) is 7.75. The van der Waals surface area contributed by atoms with E-state index in [1.807, 2.05) is 0 Å². The third-order valence-electron chi connectivity index (χ3n) is 2.11. The van der Waals surface area contributed by atoms with Crippen LogP contribution in [0.25, 0.3) is 0 Å². The Morgan fingerprint density at radius 3 is 2.62 bits per heavy atom. The maximum absolute atomic E-state index is 13.1. The van der Waals surface area contributed by atoms with Crippen molar-refractivity contribution in [2.24, 2.45) is 5.16 Å². The number of benzene rings is 1. The number of hydrogen-bond donors (Lipinski definition) is 0. The fraction of sp³-hybridized carbons (Fsp3) is 0.417. The smallest absolute Gasteiger partial charge is 0.147 e. The summed E-state index contributed by atoms with van der Waals surface area (Å²) in [5.74, 6) is -1.22. The molecule has 0 bridgehead atoms. The van der Waals surface area contributed by atoms with Crippen LogP contribution >= 0.6 is 0 Å². The van der Waals surface area contributed by atoms with Crippen molar-refractivity contribution in [3.8, 4) is 0 Å². The number of rotatable bonds is 6. The van der Waals surface area contributed by atoms with Crippen LogP contribution in [0.5, 0.6) is 0 Å². The van der Waals surface area contributed by atoms with E-state index >= 15 is 0 Å². The molecule has 1 aromatic carbocycles. The highest BCUT2D eigenvalue weighted by Gasteiger charge is 2.07. The van der Waals surface area contributed by atoms with Gasteiger partial charge in [0, 0.05) is 6.21 Å². The lowest BCUT2D eigenvalue weighted by atomic mass is 10.2. The van der Waals surface area contributed by atoms with Crippen LogP contribution in [0.15, 0.2) is 23.4 Å². The van der Waals surface area contributed by atoms with Crippen LogP contribution < -0.4 is 0 Å². The molecule has 0 amide bonds. The Morgan fingerprint density at radius 2 is 2.00 bits per heavy atom. The van der Waals surface area contributed by atoms with Crippen LogP contribution in [0, 0.1) is 11.6 Å². The summed E-state index contributed by atoms with van der Waals surface area (Å²) in [6.45, 7) is 1.89. The van der Waals surface area contributed by atoms with Gasteiger partial charge < -0.3 is 4.84 Å². The zero-order valence-corrected chi connectivity index (χ0v) is 9.25. The molecular weight excluding hydrogens is 212 g/mol. The number of hydrogen-bond acceptors (Lipinski definition) is 2. The van der Waals surface area contributed by atoms with Gasteiger partial charge in [-0.1, -0.05) is 24.6 Å². The van der Waals surface area contributed by atoms with Gasteiger partial charge >= 0.3 is 0 Å². The topological polar surface area (TPSA) is 21.6 Å². The van der Waals surface area contributed by atoms with Gasteiger partial charge in [-0.2, -0.15) is 0 Å². The third kappa shape index (κ3) is 3.96. The van der Waals surface area contributed by atoms with Crippen molar-refractivity contribution in [1.29, 1.82) is 0 Å². The summed E-state index contributed by atoms with van der Waals surface area (Å²) in [6, 6.07) is 3.71. The van der Waals surface area contributed by atoms with Gasteiger partial charge in [0.2, 0.25) is 0 Å². The van der Waals surface area contributed by atoms with Gasteiger partial charge in [-0.3, -0.25) is 0 Å². The molecule has 0 aliphatic heterocycles. The molecule has 88 valence electrons. The molecule has 0 saturated carbocycles. The molecule has 0 atom stereocenters. The Hall–Kier alpha value is -1.45. The first-order valence-electron chi connectivity index (χ1n) is 5.32. The van der Waals surface area contributed by atoms with Gasteiger partial charge in [-0.15, -0.1) is 0 Å². The lowest BCUT2D eigenvalue weighted by Gasteiger charge is -2.02. The van der Waals surface area contributed by atoms with E-state index in [1.165, 1.54) is 18.2 Å². The van der Waals surface area contributed by atoms with E-state index < -0.39 is 11.6 Å². The average Bonchev–Trinajstić information content (AvgIpc) is 2.26. The quantitative estimate of drug-likeness (QED) is 0.413. The van der Waals surface area contributed by atoms with Gasteiger partial charge in [0.1, 0.15) is 18.2 Å². The summed E-state index contributed by atoms with van der Waals surface area (Å²) >= 11 is 0. The first-order valence-corrected chi connectivity index (χ1v) is 5.32. The predicted molar refractivity (Wildman–Crippen MR) is 59.2 cm³/mol. The highest BCUT2D eigenvalue weighted by Crippen LogP contribution is 2.12. The molecular formula is C12H15F2NO. The third-order valence-corrected chi connectivity index (χ3v) is 2.11. The van der Waals surface area contributed by atoms with E-state index in [2.05, 4.69) is 12.1 Å². The molecule has 2 nitrogen and oxygen atoms in total. The highest BCUT2D eigenvalue weighted by atomic mass is 19.1. The van der Waals surface area contributed by atoms with Crippen LogP contribution in [0.1, 0.15) is 31.7 Å². The maximum Gasteiger partial charge on any atom is 0.147 e. The summed E-state index contributed by atoms with van der Waals surface area (Å²) < 4.78 is 26.2. The maximum atomic E-state index is 13.1. The molecule has 1 aromatic rings. The lowest BCUT2D eigenvalue weighted by molar-refractivity contribution is 0.126. The SMILES string of the molecule is CCCCC=NOCc1c(F)cccc1F. The second kappa shape index (κ2) is 6.93. The zero-order valence-electron chi connectivity index (χ0n) is 9.25. The zero-order chi connectivity index (χ0) is 11.8. The summed E-state index contributed by atoms with van der Waals surface area (Å²) in [5.41, 5.74) is -0.0878. The molecule has 0 heterocycles. The van der Waals surface area contributed by atoms with Crippen LogP contribution in [-0.2, 0) is 11.4 Å². The van der Waals surface area contributed by atoms with Crippen molar-refractivity contribution >= 4 is 6.21 Å².